The Hall–Kier alpha value is -1.09. The van der Waals surface area contributed by atoms with Gasteiger partial charge in [-0.1, -0.05) is 6.07 Å². The largest absolute Gasteiger partial charge is 0.355 e. The van der Waals surface area contributed by atoms with E-state index in [1.165, 1.54) is 12.8 Å². The van der Waals surface area contributed by atoms with E-state index in [1.807, 2.05) is 19.3 Å². The lowest BCUT2D eigenvalue weighted by Crippen LogP contribution is -2.53. The molecule has 1 aromatic heterocycles. The van der Waals surface area contributed by atoms with Gasteiger partial charge in [0.1, 0.15) is 5.82 Å². The van der Waals surface area contributed by atoms with Gasteiger partial charge in [0.2, 0.25) is 0 Å². The maximum Gasteiger partial charge on any atom is 0.193 e. The van der Waals surface area contributed by atoms with Crippen LogP contribution in [0.4, 0.5) is 5.82 Å². The molecule has 146 valence electrons. The Balaban J connectivity index is 0.00000243. The lowest BCUT2D eigenvalue weighted by molar-refractivity contribution is 0.214. The molecule has 1 aliphatic heterocycles. The van der Waals surface area contributed by atoms with E-state index in [9.17, 15) is 0 Å². The summed E-state index contributed by atoms with van der Waals surface area (Å²) >= 11 is 0. The summed E-state index contributed by atoms with van der Waals surface area (Å²) in [7, 11) is 1.88. The quantitative estimate of drug-likeness (QED) is 0.391. The van der Waals surface area contributed by atoms with Gasteiger partial charge in [-0.15, -0.1) is 24.0 Å². The first-order valence-electron chi connectivity index (χ1n) is 9.56. The van der Waals surface area contributed by atoms with E-state index >= 15 is 0 Å². The fraction of sp³-hybridized carbons (Fsp3) is 0.684. The van der Waals surface area contributed by atoms with Crippen LogP contribution in [-0.4, -0.2) is 79.1 Å². The van der Waals surface area contributed by atoms with Crippen LogP contribution in [0, 0.1) is 0 Å². The van der Waals surface area contributed by atoms with Crippen molar-refractivity contribution in [2.75, 3.05) is 51.2 Å². The first-order valence-corrected chi connectivity index (χ1v) is 9.56. The number of nitrogens with one attached hydrogen (secondary N) is 1. The van der Waals surface area contributed by atoms with Gasteiger partial charge in [-0.25, -0.2) is 4.98 Å². The Morgan fingerprint density at radius 3 is 2.54 bits per heavy atom. The number of hydrogen-bond acceptors (Lipinski definition) is 4. The van der Waals surface area contributed by atoms with Crippen molar-refractivity contribution < 1.29 is 0 Å². The van der Waals surface area contributed by atoms with Crippen molar-refractivity contribution in [3.05, 3.63) is 24.4 Å². The summed E-state index contributed by atoms with van der Waals surface area (Å²) in [5, 5.41) is 3.56. The summed E-state index contributed by atoms with van der Waals surface area (Å²) in [6.45, 7) is 10.6. The van der Waals surface area contributed by atoms with Gasteiger partial charge in [0.15, 0.2) is 5.96 Å². The average molecular weight is 472 g/mol. The molecule has 0 aromatic carbocycles. The molecule has 0 spiro atoms. The highest BCUT2D eigenvalue weighted by molar-refractivity contribution is 14.0. The zero-order valence-corrected chi connectivity index (χ0v) is 18.6. The summed E-state index contributed by atoms with van der Waals surface area (Å²) in [6.07, 6.45) is 4.59. The van der Waals surface area contributed by atoms with Crippen LogP contribution in [0.5, 0.6) is 0 Å². The zero-order chi connectivity index (χ0) is 17.6. The molecule has 1 N–H and O–H groups in total. The third kappa shape index (κ3) is 5.70. The number of halogens is 1. The first-order chi connectivity index (χ1) is 12.2. The molecule has 7 heteroatoms. The SMILES string of the molecule is CN=C(NCCN(C(C)C)C1CC1)N1CCN(c2ccccn2)CC1.I. The van der Waals surface area contributed by atoms with Crippen LogP contribution in [0.25, 0.3) is 0 Å². The van der Waals surface area contributed by atoms with Gasteiger partial charge in [0.05, 0.1) is 0 Å². The number of rotatable bonds is 6. The second-order valence-electron chi connectivity index (χ2n) is 7.20. The highest BCUT2D eigenvalue weighted by atomic mass is 127. The maximum absolute atomic E-state index is 4.49. The third-order valence-corrected chi connectivity index (χ3v) is 5.10. The number of aromatic nitrogens is 1. The number of nitrogens with zero attached hydrogens (tertiary/aromatic N) is 5. The van der Waals surface area contributed by atoms with Crippen molar-refractivity contribution in [2.24, 2.45) is 4.99 Å². The summed E-state index contributed by atoms with van der Waals surface area (Å²) in [5.74, 6) is 2.10. The van der Waals surface area contributed by atoms with Crippen LogP contribution in [0.1, 0.15) is 26.7 Å². The number of anilines is 1. The predicted molar refractivity (Wildman–Crippen MR) is 120 cm³/mol. The minimum absolute atomic E-state index is 0. The molecule has 1 saturated heterocycles. The van der Waals surface area contributed by atoms with Crippen molar-refractivity contribution in [3.8, 4) is 0 Å². The van der Waals surface area contributed by atoms with Crippen LogP contribution < -0.4 is 10.2 Å². The van der Waals surface area contributed by atoms with Gasteiger partial charge in [-0.05, 0) is 38.8 Å². The van der Waals surface area contributed by atoms with Crippen molar-refractivity contribution in [2.45, 2.75) is 38.8 Å². The van der Waals surface area contributed by atoms with Crippen LogP contribution in [0.2, 0.25) is 0 Å². The van der Waals surface area contributed by atoms with E-state index in [-0.39, 0.29) is 24.0 Å². The first kappa shape index (κ1) is 21.2. The summed E-state index contributed by atoms with van der Waals surface area (Å²) < 4.78 is 0. The summed E-state index contributed by atoms with van der Waals surface area (Å²) in [5.41, 5.74) is 0. The van der Waals surface area contributed by atoms with Crippen LogP contribution in [-0.2, 0) is 0 Å². The normalized spacial score (nSPS) is 18.3. The average Bonchev–Trinajstić information content (AvgIpc) is 3.47. The van der Waals surface area contributed by atoms with Gasteiger partial charge in [-0.2, -0.15) is 0 Å². The molecule has 6 nitrogen and oxygen atoms in total. The Bertz CT molecular complexity index is 550. The highest BCUT2D eigenvalue weighted by Gasteiger charge is 2.30. The molecule has 2 aliphatic rings. The molecule has 0 amide bonds. The summed E-state index contributed by atoms with van der Waals surface area (Å²) in [4.78, 5) is 16.3. The Labute approximate surface area is 175 Å². The molecule has 1 saturated carbocycles. The standard InChI is InChI=1S/C19H32N6.HI/c1-16(2)25(17-7-8-17)11-10-22-19(20-3)24-14-12-23(13-15-24)18-6-4-5-9-21-18;/h4-6,9,16-17H,7-8,10-15H2,1-3H3,(H,20,22);1H. The van der Waals surface area contributed by atoms with Crippen LogP contribution in [0.3, 0.4) is 0 Å². The highest BCUT2D eigenvalue weighted by Crippen LogP contribution is 2.27. The molecule has 0 unspecified atom stereocenters. The second kappa shape index (κ2) is 10.3. The Morgan fingerprint density at radius 2 is 2.00 bits per heavy atom. The second-order valence-corrected chi connectivity index (χ2v) is 7.20. The molecule has 2 fully saturated rings. The van der Waals surface area contributed by atoms with E-state index in [1.54, 1.807) is 0 Å². The van der Waals surface area contributed by atoms with E-state index in [4.69, 9.17) is 0 Å². The minimum atomic E-state index is 0. The molecular weight excluding hydrogens is 439 g/mol. The molecule has 0 bridgehead atoms. The number of hydrogen-bond donors (Lipinski definition) is 1. The fourth-order valence-electron chi connectivity index (χ4n) is 3.59. The number of piperazine rings is 1. The van der Waals surface area contributed by atoms with E-state index in [2.05, 4.69) is 56.0 Å². The van der Waals surface area contributed by atoms with Gasteiger partial charge in [-0.3, -0.25) is 9.89 Å². The van der Waals surface area contributed by atoms with Gasteiger partial charge >= 0.3 is 0 Å². The molecular formula is C19H33IN6. The Kier molecular flexibility index (Phi) is 8.40. The number of guanidine groups is 1. The maximum atomic E-state index is 4.49. The molecule has 2 heterocycles. The smallest absolute Gasteiger partial charge is 0.193 e. The third-order valence-electron chi connectivity index (χ3n) is 5.10. The van der Waals surface area contributed by atoms with Crippen molar-refractivity contribution in [1.29, 1.82) is 0 Å². The van der Waals surface area contributed by atoms with Crippen molar-refractivity contribution in [1.82, 2.24) is 20.1 Å². The molecule has 0 radical (unpaired) electrons. The monoisotopic (exact) mass is 472 g/mol. The van der Waals surface area contributed by atoms with Gasteiger partial charge < -0.3 is 15.1 Å². The predicted octanol–water partition coefficient (Wildman–Crippen LogP) is 2.27. The van der Waals surface area contributed by atoms with Crippen molar-refractivity contribution in [3.63, 3.8) is 0 Å². The topological polar surface area (TPSA) is 47.0 Å². The molecule has 1 aromatic rings. The lowest BCUT2D eigenvalue weighted by Gasteiger charge is -2.37. The molecule has 0 atom stereocenters. The summed E-state index contributed by atoms with van der Waals surface area (Å²) in [6, 6.07) is 7.54. The number of pyridine rings is 1. The van der Waals surface area contributed by atoms with Gasteiger partial charge in [0, 0.05) is 64.6 Å². The van der Waals surface area contributed by atoms with Gasteiger partial charge in [0.25, 0.3) is 0 Å². The van der Waals surface area contributed by atoms with Crippen LogP contribution >= 0.6 is 24.0 Å². The van der Waals surface area contributed by atoms with E-state index in [0.717, 1.165) is 57.1 Å². The van der Waals surface area contributed by atoms with E-state index in [0.29, 0.717) is 6.04 Å². The molecule has 3 rings (SSSR count). The fourth-order valence-corrected chi connectivity index (χ4v) is 3.59. The Morgan fingerprint density at radius 1 is 1.27 bits per heavy atom. The lowest BCUT2D eigenvalue weighted by atomic mass is 10.3. The molecule has 1 aliphatic carbocycles. The van der Waals surface area contributed by atoms with Crippen LogP contribution in [0.15, 0.2) is 29.4 Å². The van der Waals surface area contributed by atoms with E-state index < -0.39 is 0 Å². The molecule has 26 heavy (non-hydrogen) atoms. The number of aliphatic imine (C=N–C) groups is 1. The minimum Gasteiger partial charge on any atom is -0.355 e. The van der Waals surface area contributed by atoms with Crippen molar-refractivity contribution >= 4 is 35.8 Å². The zero-order valence-electron chi connectivity index (χ0n) is 16.3.